The van der Waals surface area contributed by atoms with Gasteiger partial charge in [0.15, 0.2) is 5.43 Å². The minimum atomic E-state index is -0.541. The third-order valence-electron chi connectivity index (χ3n) is 4.30. The molecule has 1 aliphatic heterocycles. The number of aromatic nitrogens is 1. The quantitative estimate of drug-likeness (QED) is 0.742. The normalized spacial score (nSPS) is 18.4. The zero-order valence-electron chi connectivity index (χ0n) is 14.8. The molecule has 1 amide bonds. The number of nitrogens with one attached hydrogen (secondary N) is 1. The van der Waals surface area contributed by atoms with Crippen molar-refractivity contribution in [2.45, 2.75) is 51.7 Å². The maximum absolute atomic E-state index is 12.6. The number of fused-ring (bicyclic) bond motifs is 1. The summed E-state index contributed by atoms with van der Waals surface area (Å²) in [6.45, 7) is 6.22. The highest BCUT2D eigenvalue weighted by Gasteiger charge is 2.32. The molecule has 1 saturated heterocycles. The van der Waals surface area contributed by atoms with E-state index in [1.54, 1.807) is 17.0 Å². The molecule has 6 heteroatoms. The van der Waals surface area contributed by atoms with Gasteiger partial charge in [-0.2, -0.15) is 0 Å². The summed E-state index contributed by atoms with van der Waals surface area (Å²) in [5.41, 5.74) is 0.958. The molecular weight excluding hydrogens is 384 g/mol. The van der Waals surface area contributed by atoms with Crippen LogP contribution < -0.4 is 5.43 Å². The summed E-state index contributed by atoms with van der Waals surface area (Å²) in [7, 11) is 0. The number of H-pyrrole nitrogens is 1. The number of carbonyl (C=O) groups excluding carboxylic acids is 1. The third kappa shape index (κ3) is 4.06. The zero-order valence-corrected chi connectivity index (χ0v) is 16.4. The summed E-state index contributed by atoms with van der Waals surface area (Å²) >= 11 is 3.44. The van der Waals surface area contributed by atoms with E-state index >= 15 is 0 Å². The van der Waals surface area contributed by atoms with Crippen LogP contribution in [0.1, 0.15) is 51.8 Å². The van der Waals surface area contributed by atoms with Crippen LogP contribution in [-0.2, 0) is 4.74 Å². The predicted molar refractivity (Wildman–Crippen MR) is 102 cm³/mol. The monoisotopic (exact) mass is 406 g/mol. The number of nitrogens with zero attached hydrogens (tertiary/aromatic N) is 1. The van der Waals surface area contributed by atoms with E-state index in [0.717, 1.165) is 34.9 Å². The Morgan fingerprint density at radius 3 is 2.76 bits per heavy atom. The van der Waals surface area contributed by atoms with Crippen LogP contribution in [0.4, 0.5) is 4.79 Å². The number of rotatable bonds is 1. The number of aromatic amines is 1. The van der Waals surface area contributed by atoms with Crippen LogP contribution in [-0.4, -0.2) is 28.1 Å². The van der Waals surface area contributed by atoms with Crippen LogP contribution in [0.3, 0.4) is 0 Å². The van der Waals surface area contributed by atoms with Gasteiger partial charge < -0.3 is 9.72 Å². The number of pyridine rings is 1. The van der Waals surface area contributed by atoms with Crippen molar-refractivity contribution < 1.29 is 9.53 Å². The van der Waals surface area contributed by atoms with Crippen LogP contribution in [0.15, 0.2) is 33.5 Å². The van der Waals surface area contributed by atoms with Crippen molar-refractivity contribution in [3.8, 4) is 0 Å². The fourth-order valence-electron chi connectivity index (χ4n) is 3.22. The second-order valence-electron chi connectivity index (χ2n) is 7.46. The highest BCUT2D eigenvalue weighted by Crippen LogP contribution is 2.31. The first-order valence-electron chi connectivity index (χ1n) is 8.57. The lowest BCUT2D eigenvalue weighted by Gasteiger charge is -2.36. The molecule has 3 rings (SSSR count). The lowest BCUT2D eigenvalue weighted by molar-refractivity contribution is 0.00903. The lowest BCUT2D eigenvalue weighted by atomic mass is 9.98. The van der Waals surface area contributed by atoms with Gasteiger partial charge in [0, 0.05) is 28.2 Å². The van der Waals surface area contributed by atoms with E-state index in [1.165, 1.54) is 0 Å². The van der Waals surface area contributed by atoms with Gasteiger partial charge in [0.2, 0.25) is 0 Å². The molecule has 0 aliphatic carbocycles. The van der Waals surface area contributed by atoms with E-state index in [-0.39, 0.29) is 17.6 Å². The maximum Gasteiger partial charge on any atom is 0.410 e. The van der Waals surface area contributed by atoms with Gasteiger partial charge in [-0.1, -0.05) is 15.9 Å². The molecule has 0 saturated carbocycles. The molecule has 0 radical (unpaired) electrons. The summed E-state index contributed by atoms with van der Waals surface area (Å²) in [5.74, 6) is 0. The lowest BCUT2D eigenvalue weighted by Crippen LogP contribution is -2.42. The standard InChI is InChI=1S/C19H23BrN2O3/c1-19(2,3)25-18(24)22-9-5-4-6-16(22)15-11-17(23)13-8-7-12(20)10-14(13)21-15/h7-8,10-11,16H,4-6,9H2,1-3H3,(H,21,23). The zero-order chi connectivity index (χ0) is 18.2. The Hall–Kier alpha value is -1.82. The van der Waals surface area contributed by atoms with Crippen LogP contribution in [0.5, 0.6) is 0 Å². The predicted octanol–water partition coefficient (Wildman–Crippen LogP) is 4.75. The molecule has 2 aromatic rings. The Morgan fingerprint density at radius 2 is 2.04 bits per heavy atom. The Bertz CT molecular complexity index is 854. The molecule has 134 valence electrons. The smallest absolute Gasteiger partial charge is 0.410 e. The Morgan fingerprint density at radius 1 is 1.28 bits per heavy atom. The Balaban J connectivity index is 1.99. The van der Waals surface area contributed by atoms with Gasteiger partial charge in [0.05, 0.1) is 11.6 Å². The fourth-order valence-corrected chi connectivity index (χ4v) is 3.58. The van der Waals surface area contributed by atoms with Gasteiger partial charge in [0.25, 0.3) is 0 Å². The molecule has 1 N–H and O–H groups in total. The SMILES string of the molecule is CC(C)(C)OC(=O)N1CCCCC1c1cc(=O)c2ccc(Br)cc2[nH]1. The van der Waals surface area contributed by atoms with Crippen molar-refractivity contribution in [3.63, 3.8) is 0 Å². The number of benzene rings is 1. The number of hydrogen-bond acceptors (Lipinski definition) is 3. The maximum atomic E-state index is 12.6. The van der Waals surface area contributed by atoms with Crippen molar-refractivity contribution in [2.24, 2.45) is 0 Å². The van der Waals surface area contributed by atoms with Crippen molar-refractivity contribution in [1.82, 2.24) is 9.88 Å². The van der Waals surface area contributed by atoms with E-state index in [2.05, 4.69) is 20.9 Å². The van der Waals surface area contributed by atoms with E-state index in [0.29, 0.717) is 11.9 Å². The molecule has 1 aliphatic rings. The largest absolute Gasteiger partial charge is 0.444 e. The molecule has 25 heavy (non-hydrogen) atoms. The minimum Gasteiger partial charge on any atom is -0.444 e. The number of piperidine rings is 1. The van der Waals surface area contributed by atoms with Gasteiger partial charge in [-0.25, -0.2) is 4.79 Å². The second-order valence-corrected chi connectivity index (χ2v) is 8.38. The molecule has 5 nitrogen and oxygen atoms in total. The number of halogens is 1. The summed E-state index contributed by atoms with van der Waals surface area (Å²) in [5, 5.41) is 0.645. The Labute approximate surface area is 155 Å². The summed E-state index contributed by atoms with van der Waals surface area (Å²) in [6, 6.07) is 6.99. The highest BCUT2D eigenvalue weighted by atomic mass is 79.9. The molecule has 1 atom stereocenters. The van der Waals surface area contributed by atoms with Gasteiger partial charge in [-0.05, 0) is 58.2 Å². The third-order valence-corrected chi connectivity index (χ3v) is 4.80. The van der Waals surface area contributed by atoms with Gasteiger partial charge in [0.1, 0.15) is 5.60 Å². The molecule has 0 bridgehead atoms. The summed E-state index contributed by atoms with van der Waals surface area (Å²) < 4.78 is 6.46. The van der Waals surface area contributed by atoms with Gasteiger partial charge >= 0.3 is 6.09 Å². The summed E-state index contributed by atoms with van der Waals surface area (Å²) in [6.07, 6.45) is 2.45. The molecule has 1 fully saturated rings. The van der Waals surface area contributed by atoms with Crippen LogP contribution >= 0.6 is 15.9 Å². The Kier molecular flexibility index (Phi) is 4.91. The fraction of sp³-hybridized carbons (Fsp3) is 0.474. The minimum absolute atomic E-state index is 0.0361. The average Bonchev–Trinajstić information content (AvgIpc) is 2.52. The van der Waals surface area contributed by atoms with Crippen LogP contribution in [0.2, 0.25) is 0 Å². The highest BCUT2D eigenvalue weighted by molar-refractivity contribution is 9.10. The van der Waals surface area contributed by atoms with Gasteiger partial charge in [-0.15, -0.1) is 0 Å². The molecule has 1 aromatic carbocycles. The number of likely N-dealkylation sites (tertiary alicyclic amines) is 1. The topological polar surface area (TPSA) is 62.4 Å². The van der Waals surface area contributed by atoms with Crippen molar-refractivity contribution >= 4 is 32.9 Å². The molecule has 1 aromatic heterocycles. The van der Waals surface area contributed by atoms with E-state index in [9.17, 15) is 9.59 Å². The molecule has 0 spiro atoms. The summed E-state index contributed by atoms with van der Waals surface area (Å²) in [4.78, 5) is 30.2. The van der Waals surface area contributed by atoms with Crippen molar-refractivity contribution in [3.05, 3.63) is 44.7 Å². The molecule has 1 unspecified atom stereocenters. The first-order valence-corrected chi connectivity index (χ1v) is 9.36. The van der Waals surface area contributed by atoms with E-state index in [4.69, 9.17) is 4.74 Å². The van der Waals surface area contributed by atoms with Crippen LogP contribution in [0, 0.1) is 0 Å². The number of amides is 1. The van der Waals surface area contributed by atoms with Gasteiger partial charge in [-0.3, -0.25) is 9.69 Å². The first kappa shape index (κ1) is 18.0. The van der Waals surface area contributed by atoms with Crippen molar-refractivity contribution in [2.75, 3.05) is 6.54 Å². The van der Waals surface area contributed by atoms with E-state index < -0.39 is 5.60 Å². The number of ether oxygens (including phenoxy) is 1. The first-order chi connectivity index (χ1) is 11.7. The number of carbonyl (C=O) groups is 1. The van der Waals surface area contributed by atoms with Crippen LogP contribution in [0.25, 0.3) is 10.9 Å². The van der Waals surface area contributed by atoms with E-state index in [1.807, 2.05) is 32.9 Å². The molecule has 2 heterocycles. The van der Waals surface area contributed by atoms with Crippen molar-refractivity contribution in [1.29, 1.82) is 0 Å². The molecular formula is C19H23BrN2O3. The second kappa shape index (κ2) is 6.83. The number of hydrogen-bond donors (Lipinski definition) is 1. The average molecular weight is 407 g/mol.